The minimum Gasteiger partial charge on any atom is -0.481 e. The summed E-state index contributed by atoms with van der Waals surface area (Å²) >= 11 is 1.51. The zero-order valence-electron chi connectivity index (χ0n) is 9.38. The number of nitrogens with one attached hydrogen (secondary N) is 1. The van der Waals surface area contributed by atoms with E-state index in [1.165, 1.54) is 11.8 Å². The SMILES string of the molecule is CSCC[C@H](N)C(=O)NC(CC(=O)O)C(=O)O. The second kappa shape index (κ2) is 7.91. The summed E-state index contributed by atoms with van der Waals surface area (Å²) in [5.41, 5.74) is 5.52. The number of rotatable bonds is 8. The molecule has 1 unspecified atom stereocenters. The van der Waals surface area contributed by atoms with Crippen molar-refractivity contribution in [1.82, 2.24) is 5.32 Å². The number of nitrogens with two attached hydrogens (primary N) is 1. The van der Waals surface area contributed by atoms with E-state index in [9.17, 15) is 14.4 Å². The molecular weight excluding hydrogens is 248 g/mol. The lowest BCUT2D eigenvalue weighted by molar-refractivity contribution is -0.147. The summed E-state index contributed by atoms with van der Waals surface area (Å²) in [6.45, 7) is 0. The van der Waals surface area contributed by atoms with E-state index in [4.69, 9.17) is 15.9 Å². The summed E-state index contributed by atoms with van der Waals surface area (Å²) in [4.78, 5) is 32.5. The van der Waals surface area contributed by atoms with Crippen molar-refractivity contribution in [1.29, 1.82) is 0 Å². The van der Waals surface area contributed by atoms with Crippen molar-refractivity contribution in [3.05, 3.63) is 0 Å². The van der Waals surface area contributed by atoms with E-state index in [-0.39, 0.29) is 0 Å². The third-order valence-corrected chi connectivity index (χ3v) is 2.61. The molecule has 7 nitrogen and oxygen atoms in total. The number of amides is 1. The molecule has 0 heterocycles. The summed E-state index contributed by atoms with van der Waals surface area (Å²) in [7, 11) is 0. The van der Waals surface area contributed by atoms with Crippen molar-refractivity contribution >= 4 is 29.6 Å². The maximum Gasteiger partial charge on any atom is 0.326 e. The van der Waals surface area contributed by atoms with Gasteiger partial charge in [0, 0.05) is 0 Å². The van der Waals surface area contributed by atoms with Gasteiger partial charge in [0.2, 0.25) is 5.91 Å². The first-order valence-electron chi connectivity index (χ1n) is 4.88. The summed E-state index contributed by atoms with van der Waals surface area (Å²) in [5, 5.41) is 19.3. The Balaban J connectivity index is 4.29. The molecule has 0 fully saturated rings. The summed E-state index contributed by atoms with van der Waals surface area (Å²) in [6.07, 6.45) is 1.60. The lowest BCUT2D eigenvalue weighted by Gasteiger charge is -2.16. The largest absolute Gasteiger partial charge is 0.481 e. The molecule has 98 valence electrons. The highest BCUT2D eigenvalue weighted by Crippen LogP contribution is 2.00. The van der Waals surface area contributed by atoms with Crippen LogP contribution in [0.2, 0.25) is 0 Å². The number of carbonyl (C=O) groups excluding carboxylic acids is 1. The molecule has 0 aliphatic heterocycles. The van der Waals surface area contributed by atoms with Crippen LogP contribution in [0.3, 0.4) is 0 Å². The number of carbonyl (C=O) groups is 3. The van der Waals surface area contributed by atoms with Gasteiger partial charge in [-0.15, -0.1) is 0 Å². The van der Waals surface area contributed by atoms with Crippen molar-refractivity contribution in [2.45, 2.75) is 24.9 Å². The third kappa shape index (κ3) is 6.80. The minimum atomic E-state index is -1.44. The Bertz CT molecular complexity index is 297. The van der Waals surface area contributed by atoms with Crippen LogP contribution in [0.25, 0.3) is 0 Å². The van der Waals surface area contributed by atoms with Crippen LogP contribution in [0, 0.1) is 0 Å². The first kappa shape index (κ1) is 15.7. The fraction of sp³-hybridized carbons (Fsp3) is 0.667. The molecule has 0 aliphatic rings. The van der Waals surface area contributed by atoms with Gasteiger partial charge in [0.05, 0.1) is 12.5 Å². The van der Waals surface area contributed by atoms with Gasteiger partial charge in [0.25, 0.3) is 0 Å². The van der Waals surface area contributed by atoms with E-state index in [1.807, 2.05) is 6.26 Å². The highest BCUT2D eigenvalue weighted by molar-refractivity contribution is 7.98. The van der Waals surface area contributed by atoms with Gasteiger partial charge in [-0.25, -0.2) is 4.79 Å². The molecule has 0 aromatic heterocycles. The maximum absolute atomic E-state index is 11.4. The van der Waals surface area contributed by atoms with E-state index in [0.717, 1.165) is 0 Å². The Morgan fingerprint density at radius 1 is 1.35 bits per heavy atom. The normalized spacial score (nSPS) is 13.8. The van der Waals surface area contributed by atoms with Crippen LogP contribution in [0.5, 0.6) is 0 Å². The highest BCUT2D eigenvalue weighted by atomic mass is 32.2. The molecule has 17 heavy (non-hydrogen) atoms. The summed E-state index contributed by atoms with van der Waals surface area (Å²) in [5.74, 6) is -2.66. The molecule has 0 saturated heterocycles. The molecule has 1 amide bonds. The fourth-order valence-electron chi connectivity index (χ4n) is 1.03. The Hall–Kier alpha value is -1.28. The molecule has 0 bridgehead atoms. The Morgan fingerprint density at radius 2 is 1.94 bits per heavy atom. The number of carboxylic acids is 2. The van der Waals surface area contributed by atoms with Gasteiger partial charge >= 0.3 is 11.9 Å². The third-order valence-electron chi connectivity index (χ3n) is 1.96. The van der Waals surface area contributed by atoms with E-state index in [2.05, 4.69) is 5.32 Å². The van der Waals surface area contributed by atoms with Crippen LogP contribution in [-0.2, 0) is 14.4 Å². The van der Waals surface area contributed by atoms with Crippen LogP contribution in [0.15, 0.2) is 0 Å². The second-order valence-electron chi connectivity index (χ2n) is 3.39. The zero-order valence-corrected chi connectivity index (χ0v) is 10.2. The molecular formula is C9H16N2O5S. The zero-order chi connectivity index (χ0) is 13.4. The Labute approximate surface area is 103 Å². The smallest absolute Gasteiger partial charge is 0.326 e. The number of aliphatic carboxylic acids is 2. The predicted octanol–water partition coefficient (Wildman–Crippen LogP) is -0.889. The van der Waals surface area contributed by atoms with Crippen molar-refractivity contribution in [2.75, 3.05) is 12.0 Å². The molecule has 5 N–H and O–H groups in total. The van der Waals surface area contributed by atoms with Gasteiger partial charge in [-0.2, -0.15) is 11.8 Å². The average Bonchev–Trinajstić information content (AvgIpc) is 2.23. The van der Waals surface area contributed by atoms with Crippen LogP contribution < -0.4 is 11.1 Å². The molecule has 2 atom stereocenters. The summed E-state index contributed by atoms with van der Waals surface area (Å²) in [6, 6.07) is -2.27. The number of thioether (sulfide) groups is 1. The van der Waals surface area contributed by atoms with E-state index in [1.54, 1.807) is 0 Å². The standard InChI is InChI=1S/C9H16N2O5S/c1-17-3-2-5(10)8(14)11-6(9(15)16)4-7(12)13/h5-6H,2-4,10H2,1H3,(H,11,14)(H,12,13)(H,15,16)/t5-,6?/m0/s1. The minimum absolute atomic E-state index is 0.409. The van der Waals surface area contributed by atoms with E-state index < -0.39 is 36.4 Å². The van der Waals surface area contributed by atoms with Gasteiger partial charge in [-0.3, -0.25) is 9.59 Å². The number of hydrogen-bond acceptors (Lipinski definition) is 5. The molecule has 0 radical (unpaired) electrons. The molecule has 8 heteroatoms. The lowest BCUT2D eigenvalue weighted by Crippen LogP contribution is -2.49. The van der Waals surface area contributed by atoms with Gasteiger partial charge in [0.15, 0.2) is 0 Å². The van der Waals surface area contributed by atoms with Crippen molar-refractivity contribution < 1.29 is 24.6 Å². The van der Waals surface area contributed by atoms with E-state index in [0.29, 0.717) is 12.2 Å². The summed E-state index contributed by atoms with van der Waals surface area (Å²) < 4.78 is 0. The predicted molar refractivity (Wildman–Crippen MR) is 62.8 cm³/mol. The van der Waals surface area contributed by atoms with Crippen molar-refractivity contribution in [3.63, 3.8) is 0 Å². The fourth-order valence-corrected chi connectivity index (χ4v) is 1.52. The molecule has 0 aliphatic carbocycles. The van der Waals surface area contributed by atoms with Gasteiger partial charge in [-0.1, -0.05) is 0 Å². The maximum atomic E-state index is 11.4. The molecule has 0 aromatic rings. The lowest BCUT2D eigenvalue weighted by atomic mass is 10.1. The highest BCUT2D eigenvalue weighted by Gasteiger charge is 2.25. The second-order valence-corrected chi connectivity index (χ2v) is 4.37. The molecule has 0 rings (SSSR count). The first-order chi connectivity index (χ1) is 7.88. The topological polar surface area (TPSA) is 130 Å². The molecule has 0 saturated carbocycles. The average molecular weight is 264 g/mol. The van der Waals surface area contributed by atoms with Crippen molar-refractivity contribution in [2.24, 2.45) is 5.73 Å². The van der Waals surface area contributed by atoms with Gasteiger partial charge in [-0.05, 0) is 18.4 Å². The van der Waals surface area contributed by atoms with E-state index >= 15 is 0 Å². The number of hydrogen-bond donors (Lipinski definition) is 4. The van der Waals surface area contributed by atoms with Crippen LogP contribution >= 0.6 is 11.8 Å². The van der Waals surface area contributed by atoms with Crippen LogP contribution in [0.4, 0.5) is 0 Å². The van der Waals surface area contributed by atoms with Crippen LogP contribution in [-0.4, -0.2) is 52.2 Å². The Kier molecular flexibility index (Phi) is 7.31. The Morgan fingerprint density at radius 3 is 2.35 bits per heavy atom. The quantitative estimate of drug-likeness (QED) is 0.447. The molecule has 0 aromatic carbocycles. The monoisotopic (exact) mass is 264 g/mol. The van der Waals surface area contributed by atoms with Crippen LogP contribution in [0.1, 0.15) is 12.8 Å². The molecule has 0 spiro atoms. The van der Waals surface area contributed by atoms with Gasteiger partial charge in [0.1, 0.15) is 6.04 Å². The van der Waals surface area contributed by atoms with Crippen molar-refractivity contribution in [3.8, 4) is 0 Å². The van der Waals surface area contributed by atoms with Gasteiger partial charge < -0.3 is 21.3 Å². The number of carboxylic acid groups (broad SMARTS) is 2. The first-order valence-corrected chi connectivity index (χ1v) is 6.27.